The Bertz CT molecular complexity index is 401. The molecule has 1 fully saturated rings. The van der Waals surface area contributed by atoms with E-state index in [2.05, 4.69) is 31.0 Å². The van der Waals surface area contributed by atoms with Crippen molar-refractivity contribution in [3.63, 3.8) is 0 Å². The number of thiazole rings is 1. The maximum absolute atomic E-state index is 12.4. The summed E-state index contributed by atoms with van der Waals surface area (Å²) in [5.74, 6) is 0. The largest absolute Gasteiger partial charge is 0.477 e. The lowest BCUT2D eigenvalue weighted by molar-refractivity contribution is 0.0874. The smallest absolute Gasteiger partial charge is 0.251 e. The highest BCUT2D eigenvalue weighted by atomic mass is 127. The van der Waals surface area contributed by atoms with Gasteiger partial charge in [-0.15, -0.1) is 0 Å². The first-order chi connectivity index (χ1) is 9.06. The van der Waals surface area contributed by atoms with Gasteiger partial charge < -0.3 is 4.74 Å². The molecule has 19 heavy (non-hydrogen) atoms. The summed E-state index contributed by atoms with van der Waals surface area (Å²) in [5.41, 5.74) is 0. The van der Waals surface area contributed by atoms with E-state index in [0.29, 0.717) is 13.1 Å². The minimum absolute atomic E-state index is 0.210. The van der Waals surface area contributed by atoms with E-state index in [-0.39, 0.29) is 12.6 Å². The molecule has 1 aromatic heterocycles. The predicted molar refractivity (Wildman–Crippen MR) is 79.1 cm³/mol. The number of hydrogen-bond donors (Lipinski definition) is 0. The minimum atomic E-state index is -2.31. The van der Waals surface area contributed by atoms with Gasteiger partial charge in [-0.2, -0.15) is 0 Å². The van der Waals surface area contributed by atoms with Crippen LogP contribution in [0, 0.1) is 0 Å². The Hall–Kier alpha value is -0.0600. The van der Waals surface area contributed by atoms with Crippen LogP contribution >= 0.6 is 34.2 Å². The van der Waals surface area contributed by atoms with Crippen LogP contribution in [0.2, 0.25) is 0 Å². The summed E-state index contributed by atoms with van der Waals surface area (Å²) >= 11 is 3.69. The van der Waals surface area contributed by atoms with Gasteiger partial charge in [0.15, 0.2) is 5.06 Å². The minimum Gasteiger partial charge on any atom is -0.477 e. The van der Waals surface area contributed by atoms with E-state index in [1.54, 1.807) is 11.1 Å². The van der Waals surface area contributed by atoms with Gasteiger partial charge >= 0.3 is 0 Å². The zero-order valence-electron chi connectivity index (χ0n) is 10.6. The Morgan fingerprint density at radius 2 is 2.37 bits per heavy atom. The van der Waals surface area contributed by atoms with Gasteiger partial charge in [-0.1, -0.05) is 18.3 Å². The second-order valence-corrected chi connectivity index (χ2v) is 6.80. The molecule has 0 spiro atoms. The summed E-state index contributed by atoms with van der Waals surface area (Å²) < 4.78 is 32.6. The van der Waals surface area contributed by atoms with Crippen molar-refractivity contribution < 1.29 is 13.5 Å². The van der Waals surface area contributed by atoms with Crippen molar-refractivity contribution in [1.29, 1.82) is 0 Å². The molecule has 0 atom stereocenters. The first-order valence-electron chi connectivity index (χ1n) is 6.09. The summed E-state index contributed by atoms with van der Waals surface area (Å²) in [4.78, 5) is 5.92. The summed E-state index contributed by atoms with van der Waals surface area (Å²) in [6, 6.07) is 0. The van der Waals surface area contributed by atoms with Gasteiger partial charge in [-0.05, 0) is 6.54 Å². The Balaban J connectivity index is 1.82. The van der Waals surface area contributed by atoms with Crippen LogP contribution in [0.25, 0.3) is 0 Å². The summed E-state index contributed by atoms with van der Waals surface area (Å²) in [6.45, 7) is 4.54. The van der Waals surface area contributed by atoms with Gasteiger partial charge in [0, 0.05) is 36.0 Å². The Labute approximate surface area is 129 Å². The molecule has 1 aromatic rings. The van der Waals surface area contributed by atoms with Gasteiger partial charge in [-0.3, -0.25) is 4.90 Å². The van der Waals surface area contributed by atoms with E-state index in [4.69, 9.17) is 4.74 Å². The Kier molecular flexibility index (Phi) is 5.72. The van der Waals surface area contributed by atoms with Crippen molar-refractivity contribution in [2.45, 2.75) is 26.0 Å². The number of rotatable bonds is 7. The first-order valence-corrected chi connectivity index (χ1v) is 7.87. The first kappa shape index (κ1) is 15.3. The second-order valence-electron chi connectivity index (χ2n) is 4.36. The third kappa shape index (κ3) is 4.76. The quantitative estimate of drug-likeness (QED) is 0.517. The van der Waals surface area contributed by atoms with Crippen molar-refractivity contribution in [3.05, 3.63) is 11.2 Å². The van der Waals surface area contributed by atoms with Gasteiger partial charge in [0.25, 0.3) is 6.43 Å². The summed E-state index contributed by atoms with van der Waals surface area (Å²) in [7, 11) is 0. The fourth-order valence-electron chi connectivity index (χ4n) is 1.74. The molecule has 108 valence electrons. The molecule has 1 saturated heterocycles. The van der Waals surface area contributed by atoms with Crippen LogP contribution in [-0.2, 0) is 6.54 Å². The van der Waals surface area contributed by atoms with Crippen molar-refractivity contribution >= 4 is 34.2 Å². The highest BCUT2D eigenvalue weighted by Crippen LogP contribution is 2.26. The van der Waals surface area contributed by atoms with Crippen LogP contribution in [0.1, 0.15) is 11.9 Å². The maximum Gasteiger partial charge on any atom is 0.251 e. The zero-order chi connectivity index (χ0) is 13.8. The van der Waals surface area contributed by atoms with Crippen LogP contribution < -0.4 is 4.74 Å². The van der Waals surface area contributed by atoms with Crippen molar-refractivity contribution in [3.8, 4) is 5.06 Å². The molecule has 0 saturated carbocycles. The predicted octanol–water partition coefficient (Wildman–Crippen LogP) is 2.64. The average Bonchev–Trinajstić information content (AvgIpc) is 2.73. The molecule has 0 unspecified atom stereocenters. The van der Waals surface area contributed by atoms with E-state index in [0.717, 1.165) is 23.2 Å². The number of aromatic nitrogens is 1. The fourth-order valence-corrected chi connectivity index (χ4v) is 3.49. The molecule has 0 amide bonds. The van der Waals surface area contributed by atoms with Crippen molar-refractivity contribution in [1.82, 2.24) is 13.0 Å². The molecule has 0 N–H and O–H groups in total. The van der Waals surface area contributed by atoms with E-state index < -0.39 is 6.43 Å². The standard InChI is InChI=1S/C11H16F2IN3OS/c1-2-16(6-9(12)13)7-10-15-3-11(19-10)18-8-4-17(14)5-8/h3,8-9H,2,4-7H2,1H3. The number of halogens is 3. The molecule has 0 bridgehead atoms. The number of alkyl halides is 2. The summed E-state index contributed by atoms with van der Waals surface area (Å²) in [6.07, 6.45) is -0.389. The van der Waals surface area contributed by atoms with E-state index in [9.17, 15) is 8.78 Å². The molecule has 2 rings (SSSR count). The molecule has 0 aliphatic carbocycles. The summed E-state index contributed by atoms with van der Waals surface area (Å²) in [5, 5.41) is 1.60. The van der Waals surface area contributed by atoms with E-state index in [1.807, 2.05) is 6.92 Å². The molecule has 1 aliphatic heterocycles. The molecular weight excluding hydrogens is 387 g/mol. The van der Waals surface area contributed by atoms with Crippen LogP contribution in [-0.4, -0.2) is 51.7 Å². The molecule has 8 heteroatoms. The lowest BCUT2D eigenvalue weighted by Gasteiger charge is -2.33. The highest BCUT2D eigenvalue weighted by molar-refractivity contribution is 14.1. The van der Waals surface area contributed by atoms with Crippen LogP contribution in [0.15, 0.2) is 6.20 Å². The van der Waals surface area contributed by atoms with Crippen LogP contribution in [0.3, 0.4) is 0 Å². The number of hydrogen-bond acceptors (Lipinski definition) is 5. The second kappa shape index (κ2) is 7.09. The molecule has 1 aliphatic rings. The Morgan fingerprint density at radius 3 is 2.95 bits per heavy atom. The SMILES string of the molecule is CCN(Cc1ncc(OC2CN(I)C2)s1)CC(F)F. The molecule has 4 nitrogen and oxygen atoms in total. The van der Waals surface area contributed by atoms with E-state index >= 15 is 0 Å². The number of ether oxygens (including phenoxy) is 1. The van der Waals surface area contributed by atoms with Gasteiger partial charge in [-0.25, -0.2) is 16.9 Å². The monoisotopic (exact) mass is 403 g/mol. The van der Waals surface area contributed by atoms with Crippen molar-refractivity contribution in [2.75, 3.05) is 26.2 Å². The lowest BCUT2D eigenvalue weighted by Crippen LogP contribution is -2.48. The normalized spacial score (nSPS) is 17.2. The van der Waals surface area contributed by atoms with Gasteiger partial charge in [0.2, 0.25) is 0 Å². The topological polar surface area (TPSA) is 28.6 Å². The molecular formula is C11H16F2IN3OS. The van der Waals surface area contributed by atoms with Gasteiger partial charge in [0.05, 0.1) is 19.3 Å². The Morgan fingerprint density at radius 1 is 1.63 bits per heavy atom. The highest BCUT2D eigenvalue weighted by Gasteiger charge is 2.27. The van der Waals surface area contributed by atoms with Crippen LogP contribution in [0.5, 0.6) is 5.06 Å². The van der Waals surface area contributed by atoms with Gasteiger partial charge in [0.1, 0.15) is 11.1 Å². The molecule has 2 heterocycles. The average molecular weight is 403 g/mol. The molecule has 0 aromatic carbocycles. The van der Waals surface area contributed by atoms with Crippen LogP contribution in [0.4, 0.5) is 8.78 Å². The zero-order valence-corrected chi connectivity index (χ0v) is 13.5. The third-order valence-electron chi connectivity index (χ3n) is 2.82. The third-order valence-corrected chi connectivity index (χ3v) is 4.48. The number of nitrogens with zero attached hydrogens (tertiary/aromatic N) is 3. The maximum atomic E-state index is 12.4. The lowest BCUT2D eigenvalue weighted by atomic mass is 10.2. The van der Waals surface area contributed by atoms with E-state index in [1.165, 1.54) is 11.3 Å². The fraction of sp³-hybridized carbons (Fsp3) is 0.727. The molecule has 0 radical (unpaired) electrons. The van der Waals surface area contributed by atoms with Crippen molar-refractivity contribution in [2.24, 2.45) is 0 Å².